The summed E-state index contributed by atoms with van der Waals surface area (Å²) in [5, 5.41) is 4.51. The first kappa shape index (κ1) is 17.9. The number of piperidine rings is 1. The number of hydrazine groups is 1. The van der Waals surface area contributed by atoms with E-state index in [-0.39, 0.29) is 23.6 Å². The lowest BCUT2D eigenvalue weighted by Gasteiger charge is -2.33. The van der Waals surface area contributed by atoms with Gasteiger partial charge in [0.25, 0.3) is 0 Å². The van der Waals surface area contributed by atoms with Crippen molar-refractivity contribution in [3.05, 3.63) is 46.6 Å². The normalized spacial score (nSPS) is 25.7. The number of hydrogen-bond donors (Lipinski definition) is 2. The first-order valence-corrected chi connectivity index (χ1v) is 9.56. The summed E-state index contributed by atoms with van der Waals surface area (Å²) in [6.45, 7) is 3.41. The first-order valence-electron chi connectivity index (χ1n) is 9.56. The van der Waals surface area contributed by atoms with Crippen LogP contribution in [0.5, 0.6) is 0 Å². The van der Waals surface area contributed by atoms with Crippen LogP contribution in [0.4, 0.5) is 0 Å². The second-order valence-electron chi connectivity index (χ2n) is 7.54. The Labute approximate surface area is 158 Å². The average molecular weight is 370 g/mol. The maximum atomic E-state index is 12.9. The molecule has 144 valence electrons. The Hall–Kier alpha value is -2.45. The maximum Gasteiger partial charge on any atom is 0.350 e. The number of nitrogens with one attached hydrogen (secondary N) is 2. The van der Waals surface area contributed by atoms with Crippen LogP contribution in [-0.4, -0.2) is 50.3 Å². The summed E-state index contributed by atoms with van der Waals surface area (Å²) >= 11 is 0. The summed E-state index contributed by atoms with van der Waals surface area (Å²) in [6, 6.07) is 9.68. The lowest BCUT2D eigenvalue weighted by Crippen LogP contribution is -2.49. The summed E-state index contributed by atoms with van der Waals surface area (Å²) in [5.41, 5.74) is 6.86. The van der Waals surface area contributed by atoms with E-state index in [2.05, 4.69) is 22.9 Å². The van der Waals surface area contributed by atoms with Gasteiger partial charge in [-0.2, -0.15) is 5.10 Å². The molecule has 8 nitrogen and oxygen atoms in total. The molecule has 1 amide bonds. The third-order valence-electron chi connectivity index (χ3n) is 5.45. The van der Waals surface area contributed by atoms with Gasteiger partial charge in [-0.05, 0) is 38.3 Å². The summed E-state index contributed by atoms with van der Waals surface area (Å²) in [7, 11) is 1.67. The fourth-order valence-corrected chi connectivity index (χ4v) is 4.05. The largest absolute Gasteiger partial charge is 0.350 e. The Bertz CT molecular complexity index is 874. The Morgan fingerprint density at radius 3 is 2.70 bits per heavy atom. The molecule has 2 aromatic rings. The van der Waals surface area contributed by atoms with E-state index in [1.165, 1.54) is 4.68 Å². The summed E-state index contributed by atoms with van der Waals surface area (Å²) < 4.78 is 3.06. The van der Waals surface area contributed by atoms with E-state index in [4.69, 9.17) is 0 Å². The van der Waals surface area contributed by atoms with Crippen molar-refractivity contribution in [2.45, 2.75) is 44.2 Å². The smallest absolute Gasteiger partial charge is 0.341 e. The molecule has 2 saturated heterocycles. The number of nitrogens with zero attached hydrogens (tertiary/aromatic N) is 4. The van der Waals surface area contributed by atoms with Gasteiger partial charge in [-0.25, -0.2) is 19.5 Å². The number of amides is 1. The van der Waals surface area contributed by atoms with Crippen molar-refractivity contribution < 1.29 is 4.79 Å². The summed E-state index contributed by atoms with van der Waals surface area (Å²) in [4.78, 5) is 27.5. The highest BCUT2D eigenvalue weighted by Crippen LogP contribution is 2.27. The fraction of sp³-hybridized carbons (Fsp3) is 0.526. The Balaban J connectivity index is 1.60. The van der Waals surface area contributed by atoms with Crippen LogP contribution >= 0.6 is 0 Å². The minimum absolute atomic E-state index is 0.0450. The number of carbonyl (C=O) groups excluding carboxylic acids is 1. The molecular weight excluding hydrogens is 344 g/mol. The molecule has 2 aliphatic rings. The van der Waals surface area contributed by atoms with Crippen molar-refractivity contribution in [3.63, 3.8) is 0 Å². The molecule has 8 heteroatoms. The molecule has 4 rings (SSSR count). The SMILES string of the molecule is CC1CC(C(=O)N2CCCC(c3nn(C)c(=O)n3-c3ccccc3)C2)NN1. The molecule has 0 aliphatic carbocycles. The van der Waals surface area contributed by atoms with Gasteiger partial charge in [0.2, 0.25) is 5.91 Å². The topological polar surface area (TPSA) is 84.2 Å². The highest BCUT2D eigenvalue weighted by molar-refractivity contribution is 5.82. The molecule has 2 fully saturated rings. The fourth-order valence-electron chi connectivity index (χ4n) is 4.05. The van der Waals surface area contributed by atoms with Crippen LogP contribution in [0.15, 0.2) is 35.1 Å². The van der Waals surface area contributed by atoms with Crippen molar-refractivity contribution in [2.75, 3.05) is 13.1 Å². The molecular formula is C19H26N6O2. The molecule has 3 atom stereocenters. The molecule has 3 heterocycles. The van der Waals surface area contributed by atoms with Gasteiger partial charge in [0.05, 0.1) is 5.69 Å². The van der Waals surface area contributed by atoms with E-state index in [0.717, 1.165) is 37.3 Å². The van der Waals surface area contributed by atoms with E-state index < -0.39 is 0 Å². The predicted molar refractivity (Wildman–Crippen MR) is 101 cm³/mol. The van der Waals surface area contributed by atoms with E-state index >= 15 is 0 Å². The minimum Gasteiger partial charge on any atom is -0.341 e. The second-order valence-corrected chi connectivity index (χ2v) is 7.54. The van der Waals surface area contributed by atoms with Crippen molar-refractivity contribution in [3.8, 4) is 5.69 Å². The number of para-hydroxylation sites is 1. The molecule has 0 bridgehead atoms. The van der Waals surface area contributed by atoms with Crippen molar-refractivity contribution in [1.29, 1.82) is 0 Å². The molecule has 0 spiro atoms. The highest BCUT2D eigenvalue weighted by Gasteiger charge is 2.34. The molecule has 3 unspecified atom stereocenters. The number of benzene rings is 1. The summed E-state index contributed by atoms with van der Waals surface area (Å²) in [6.07, 6.45) is 2.61. The van der Waals surface area contributed by atoms with Gasteiger partial charge in [-0.3, -0.25) is 10.2 Å². The van der Waals surface area contributed by atoms with Crippen LogP contribution in [0.3, 0.4) is 0 Å². The summed E-state index contributed by atoms with van der Waals surface area (Å²) in [5.74, 6) is 0.904. The lowest BCUT2D eigenvalue weighted by molar-refractivity contribution is -0.134. The molecule has 27 heavy (non-hydrogen) atoms. The third kappa shape index (κ3) is 3.42. The number of carbonyl (C=O) groups is 1. The van der Waals surface area contributed by atoms with Crippen LogP contribution in [0.25, 0.3) is 5.69 Å². The zero-order chi connectivity index (χ0) is 19.0. The van der Waals surface area contributed by atoms with Gasteiger partial charge < -0.3 is 4.90 Å². The lowest BCUT2D eigenvalue weighted by atomic mass is 9.96. The van der Waals surface area contributed by atoms with Gasteiger partial charge in [0.1, 0.15) is 11.9 Å². The number of likely N-dealkylation sites (tertiary alicyclic amines) is 1. The number of hydrogen-bond acceptors (Lipinski definition) is 5. The molecule has 2 aliphatic heterocycles. The molecule has 0 radical (unpaired) electrons. The Kier molecular flexibility index (Phi) is 4.84. The monoisotopic (exact) mass is 370 g/mol. The van der Waals surface area contributed by atoms with Crippen LogP contribution in [-0.2, 0) is 11.8 Å². The van der Waals surface area contributed by atoms with Crippen LogP contribution < -0.4 is 16.5 Å². The third-order valence-corrected chi connectivity index (χ3v) is 5.45. The second kappa shape index (κ2) is 7.28. The van der Waals surface area contributed by atoms with Gasteiger partial charge in [0, 0.05) is 32.1 Å². The molecule has 1 aromatic carbocycles. The number of aromatic nitrogens is 3. The van der Waals surface area contributed by atoms with Crippen molar-refractivity contribution in [1.82, 2.24) is 30.1 Å². The van der Waals surface area contributed by atoms with E-state index in [9.17, 15) is 9.59 Å². The van der Waals surface area contributed by atoms with Gasteiger partial charge in [-0.15, -0.1) is 0 Å². The van der Waals surface area contributed by atoms with Crippen molar-refractivity contribution in [2.24, 2.45) is 7.05 Å². The maximum absolute atomic E-state index is 12.9. The molecule has 1 aromatic heterocycles. The van der Waals surface area contributed by atoms with E-state index in [1.807, 2.05) is 35.2 Å². The van der Waals surface area contributed by atoms with E-state index in [1.54, 1.807) is 11.6 Å². The van der Waals surface area contributed by atoms with Crippen LogP contribution in [0.2, 0.25) is 0 Å². The van der Waals surface area contributed by atoms with Crippen molar-refractivity contribution >= 4 is 5.91 Å². The van der Waals surface area contributed by atoms with E-state index in [0.29, 0.717) is 12.6 Å². The minimum atomic E-state index is -0.182. The average Bonchev–Trinajstić information content (AvgIpc) is 3.25. The standard InChI is InChI=1S/C19H26N6O2/c1-13-11-16(21-20-13)18(26)24-10-6-7-14(12-24)17-22-23(2)19(27)25(17)15-8-4-3-5-9-15/h3-5,8-9,13-14,16,20-21H,6-7,10-12H2,1-2H3. The van der Waals surface area contributed by atoms with Crippen LogP contribution in [0, 0.1) is 0 Å². The Morgan fingerprint density at radius 1 is 1.22 bits per heavy atom. The molecule has 0 saturated carbocycles. The highest BCUT2D eigenvalue weighted by atomic mass is 16.2. The first-order chi connectivity index (χ1) is 13.0. The zero-order valence-electron chi connectivity index (χ0n) is 15.8. The number of aryl methyl sites for hydroxylation is 1. The van der Waals surface area contributed by atoms with Gasteiger partial charge in [0.15, 0.2) is 0 Å². The van der Waals surface area contributed by atoms with Crippen LogP contribution in [0.1, 0.15) is 37.9 Å². The molecule has 2 N–H and O–H groups in total. The quantitative estimate of drug-likeness (QED) is 0.824. The zero-order valence-corrected chi connectivity index (χ0v) is 15.8. The van der Waals surface area contributed by atoms with Gasteiger partial charge in [-0.1, -0.05) is 18.2 Å². The van der Waals surface area contributed by atoms with Gasteiger partial charge >= 0.3 is 5.69 Å². The Morgan fingerprint density at radius 2 is 2.00 bits per heavy atom. The number of rotatable bonds is 3. The predicted octanol–water partition coefficient (Wildman–Crippen LogP) is 0.532.